The Morgan fingerprint density at radius 3 is 2.47 bits per heavy atom. The van der Waals surface area contributed by atoms with Gasteiger partial charge in [-0.15, -0.1) is 0 Å². The van der Waals surface area contributed by atoms with E-state index in [9.17, 15) is 9.18 Å². The van der Waals surface area contributed by atoms with Crippen molar-refractivity contribution in [3.8, 4) is 23.0 Å². The molecule has 0 radical (unpaired) electrons. The molecule has 1 fully saturated rings. The first-order valence-corrected chi connectivity index (χ1v) is 10.5. The van der Waals surface area contributed by atoms with Crippen molar-refractivity contribution in [3.05, 3.63) is 78.7 Å². The lowest BCUT2D eigenvalue weighted by molar-refractivity contribution is -0.132. The van der Waals surface area contributed by atoms with Crippen LogP contribution in [0.2, 0.25) is 0 Å². The number of para-hydroxylation sites is 1. The first-order valence-electron chi connectivity index (χ1n) is 10.5. The number of benzene rings is 2. The number of hydrogen-bond acceptors (Lipinski definition) is 5. The molecule has 2 aromatic carbocycles. The fourth-order valence-electron chi connectivity index (χ4n) is 3.93. The minimum atomic E-state index is -0.237. The van der Waals surface area contributed by atoms with Gasteiger partial charge in [0, 0.05) is 37.9 Å². The fraction of sp³-hybridized carbons (Fsp3) is 0.208. The standard InChI is InChI=1S/C24H22FN5O2/c25-19-9-4-5-10-20(19)28-13-15-29(16-14-28)22(31)17-30-12-6-11-21(30)24-26-23(27-32-24)18-7-2-1-3-8-18/h1-12H,13-17H2. The van der Waals surface area contributed by atoms with Crippen molar-refractivity contribution < 1.29 is 13.7 Å². The zero-order valence-corrected chi connectivity index (χ0v) is 17.4. The van der Waals surface area contributed by atoms with Crippen LogP contribution in [-0.4, -0.2) is 51.7 Å². The minimum Gasteiger partial charge on any atom is -0.366 e. The lowest BCUT2D eigenvalue weighted by Gasteiger charge is -2.36. The average molecular weight is 431 g/mol. The van der Waals surface area contributed by atoms with Gasteiger partial charge in [-0.05, 0) is 24.3 Å². The molecule has 8 heteroatoms. The monoisotopic (exact) mass is 431 g/mol. The molecule has 1 amide bonds. The van der Waals surface area contributed by atoms with Crippen molar-refractivity contribution >= 4 is 11.6 Å². The van der Waals surface area contributed by atoms with Gasteiger partial charge >= 0.3 is 0 Å². The number of anilines is 1. The van der Waals surface area contributed by atoms with Crippen LogP contribution in [0.3, 0.4) is 0 Å². The van der Waals surface area contributed by atoms with Crippen LogP contribution < -0.4 is 4.90 Å². The number of rotatable bonds is 5. The normalized spacial score (nSPS) is 14.0. The van der Waals surface area contributed by atoms with E-state index in [1.165, 1.54) is 6.07 Å². The van der Waals surface area contributed by atoms with Crippen LogP contribution in [0.5, 0.6) is 0 Å². The SMILES string of the molecule is O=C(Cn1cccc1-c1nc(-c2ccccc2)no1)N1CCN(c2ccccc2F)CC1. The van der Waals surface area contributed by atoms with E-state index in [0.29, 0.717) is 49.3 Å². The van der Waals surface area contributed by atoms with Crippen LogP contribution in [0, 0.1) is 5.82 Å². The van der Waals surface area contributed by atoms with Gasteiger partial charge in [0.2, 0.25) is 11.7 Å². The smallest absolute Gasteiger partial charge is 0.274 e. The van der Waals surface area contributed by atoms with E-state index in [1.54, 1.807) is 12.1 Å². The van der Waals surface area contributed by atoms with Gasteiger partial charge in [0.1, 0.15) is 18.1 Å². The Labute approximate surface area is 184 Å². The molecule has 1 saturated heterocycles. The number of hydrogen-bond donors (Lipinski definition) is 0. The highest BCUT2D eigenvalue weighted by molar-refractivity contribution is 5.77. The van der Waals surface area contributed by atoms with E-state index in [1.807, 2.05) is 69.1 Å². The molecular weight excluding hydrogens is 409 g/mol. The number of aromatic nitrogens is 3. The molecule has 7 nitrogen and oxygen atoms in total. The zero-order chi connectivity index (χ0) is 21.9. The third-order valence-corrected chi connectivity index (χ3v) is 5.64. The molecule has 0 bridgehead atoms. The summed E-state index contributed by atoms with van der Waals surface area (Å²) < 4.78 is 21.3. The molecular formula is C24H22FN5O2. The van der Waals surface area contributed by atoms with Gasteiger partial charge in [0.15, 0.2) is 0 Å². The van der Waals surface area contributed by atoms with Crippen LogP contribution in [0.4, 0.5) is 10.1 Å². The van der Waals surface area contributed by atoms with Crippen LogP contribution in [0.1, 0.15) is 0 Å². The van der Waals surface area contributed by atoms with E-state index in [2.05, 4.69) is 10.1 Å². The summed E-state index contributed by atoms with van der Waals surface area (Å²) in [5.41, 5.74) is 2.14. The summed E-state index contributed by atoms with van der Waals surface area (Å²) in [6, 6.07) is 20.0. The molecule has 0 spiro atoms. The van der Waals surface area contributed by atoms with Gasteiger partial charge in [-0.25, -0.2) is 4.39 Å². The molecule has 5 rings (SSSR count). The highest BCUT2D eigenvalue weighted by Crippen LogP contribution is 2.23. The van der Waals surface area contributed by atoms with Crippen LogP contribution in [0.15, 0.2) is 77.4 Å². The third kappa shape index (κ3) is 3.99. The molecule has 3 heterocycles. The Bertz CT molecular complexity index is 1210. The Kier molecular flexibility index (Phi) is 5.41. The zero-order valence-electron chi connectivity index (χ0n) is 17.4. The largest absolute Gasteiger partial charge is 0.366 e. The van der Waals surface area contributed by atoms with E-state index < -0.39 is 0 Å². The molecule has 0 N–H and O–H groups in total. The second kappa shape index (κ2) is 8.66. The molecule has 4 aromatic rings. The van der Waals surface area contributed by atoms with E-state index in [4.69, 9.17) is 4.52 Å². The summed E-state index contributed by atoms with van der Waals surface area (Å²) in [6.45, 7) is 2.45. The minimum absolute atomic E-state index is 0.00145. The molecule has 0 saturated carbocycles. The molecule has 162 valence electrons. The van der Waals surface area contributed by atoms with Gasteiger partial charge in [-0.1, -0.05) is 47.6 Å². The van der Waals surface area contributed by atoms with E-state index in [0.717, 1.165) is 5.56 Å². The number of carbonyl (C=O) groups is 1. The van der Waals surface area contributed by atoms with E-state index in [-0.39, 0.29) is 18.3 Å². The van der Waals surface area contributed by atoms with Crippen molar-refractivity contribution in [2.24, 2.45) is 0 Å². The Balaban J connectivity index is 1.25. The number of piperazine rings is 1. The Hall–Kier alpha value is -3.94. The third-order valence-electron chi connectivity index (χ3n) is 5.64. The second-order valence-corrected chi connectivity index (χ2v) is 7.63. The van der Waals surface area contributed by atoms with Crippen LogP contribution in [-0.2, 0) is 11.3 Å². The average Bonchev–Trinajstić information content (AvgIpc) is 3.50. The summed E-state index contributed by atoms with van der Waals surface area (Å²) in [5.74, 6) is 0.632. The van der Waals surface area contributed by atoms with Crippen molar-refractivity contribution in [3.63, 3.8) is 0 Å². The number of nitrogens with zero attached hydrogens (tertiary/aromatic N) is 5. The summed E-state index contributed by atoms with van der Waals surface area (Å²) in [7, 11) is 0. The molecule has 0 unspecified atom stereocenters. The summed E-state index contributed by atoms with van der Waals surface area (Å²) >= 11 is 0. The second-order valence-electron chi connectivity index (χ2n) is 7.63. The predicted octanol–water partition coefficient (Wildman–Crippen LogP) is 3.69. The summed E-state index contributed by atoms with van der Waals surface area (Å²) in [5, 5.41) is 4.07. The molecule has 32 heavy (non-hydrogen) atoms. The maximum absolute atomic E-state index is 14.1. The fourth-order valence-corrected chi connectivity index (χ4v) is 3.93. The number of carbonyl (C=O) groups excluding carboxylic acids is 1. The Morgan fingerprint density at radius 2 is 1.69 bits per heavy atom. The predicted molar refractivity (Wildman–Crippen MR) is 118 cm³/mol. The summed E-state index contributed by atoms with van der Waals surface area (Å²) in [4.78, 5) is 21.2. The maximum atomic E-state index is 14.1. The van der Waals surface area contributed by atoms with E-state index >= 15 is 0 Å². The summed E-state index contributed by atoms with van der Waals surface area (Å²) in [6.07, 6.45) is 1.83. The lowest BCUT2D eigenvalue weighted by Crippen LogP contribution is -2.49. The molecule has 0 aliphatic carbocycles. The van der Waals surface area contributed by atoms with Gasteiger partial charge < -0.3 is 18.9 Å². The number of halogens is 1. The van der Waals surface area contributed by atoms with Gasteiger partial charge in [-0.3, -0.25) is 4.79 Å². The molecule has 0 atom stereocenters. The van der Waals surface area contributed by atoms with Crippen molar-refractivity contribution in [1.29, 1.82) is 0 Å². The van der Waals surface area contributed by atoms with Gasteiger partial charge in [-0.2, -0.15) is 4.98 Å². The van der Waals surface area contributed by atoms with Crippen molar-refractivity contribution in [2.45, 2.75) is 6.54 Å². The van der Waals surface area contributed by atoms with Crippen molar-refractivity contribution in [1.82, 2.24) is 19.6 Å². The topological polar surface area (TPSA) is 67.4 Å². The Morgan fingerprint density at radius 1 is 0.938 bits per heavy atom. The van der Waals surface area contributed by atoms with Gasteiger partial charge in [0.25, 0.3) is 5.89 Å². The van der Waals surface area contributed by atoms with Crippen LogP contribution in [0.25, 0.3) is 23.0 Å². The lowest BCUT2D eigenvalue weighted by atomic mass is 10.2. The maximum Gasteiger partial charge on any atom is 0.274 e. The highest BCUT2D eigenvalue weighted by atomic mass is 19.1. The molecule has 1 aliphatic heterocycles. The molecule has 2 aromatic heterocycles. The van der Waals surface area contributed by atoms with Crippen molar-refractivity contribution in [2.75, 3.05) is 31.1 Å². The first-order chi connectivity index (χ1) is 15.7. The van der Waals surface area contributed by atoms with Gasteiger partial charge in [0.05, 0.1) is 5.69 Å². The highest BCUT2D eigenvalue weighted by Gasteiger charge is 2.24. The number of amides is 1. The van der Waals surface area contributed by atoms with Crippen LogP contribution >= 0.6 is 0 Å². The quantitative estimate of drug-likeness (QED) is 0.482. The molecule has 1 aliphatic rings. The first kappa shape index (κ1) is 20.0.